The standard InChI is InChI=1S/C29H26/c1-6-22(16-19(2)3)28-24-12-7-8-13-25(24)29(23-11-9-10-20(4)17-23)26-15-14-21(5)18-27(26)28/h6-18H,1-2H2,3-5H3/b22-16+. The van der Waals surface area contributed by atoms with Crippen molar-refractivity contribution in [1.29, 1.82) is 0 Å². The number of allylic oxidation sites excluding steroid dienone is 4. The number of hydrogen-bond acceptors (Lipinski definition) is 0. The monoisotopic (exact) mass is 374 g/mol. The molecule has 142 valence electrons. The van der Waals surface area contributed by atoms with Crippen molar-refractivity contribution in [2.75, 3.05) is 0 Å². The van der Waals surface area contributed by atoms with Gasteiger partial charge >= 0.3 is 0 Å². The van der Waals surface area contributed by atoms with Crippen molar-refractivity contribution in [3.8, 4) is 11.1 Å². The summed E-state index contributed by atoms with van der Waals surface area (Å²) >= 11 is 0. The molecule has 0 aromatic heterocycles. The average molecular weight is 375 g/mol. The van der Waals surface area contributed by atoms with Crippen molar-refractivity contribution in [2.24, 2.45) is 0 Å². The second-order valence-corrected chi connectivity index (χ2v) is 7.86. The Hall–Kier alpha value is -3.38. The van der Waals surface area contributed by atoms with Gasteiger partial charge in [-0.05, 0) is 64.6 Å². The lowest BCUT2D eigenvalue weighted by atomic mass is 9.84. The maximum atomic E-state index is 4.11. The topological polar surface area (TPSA) is 0 Å². The molecule has 0 amide bonds. The molecule has 0 nitrogen and oxygen atoms in total. The smallest absolute Gasteiger partial charge is 0.00263 e. The molecule has 0 saturated heterocycles. The van der Waals surface area contributed by atoms with Crippen molar-refractivity contribution in [2.45, 2.75) is 20.8 Å². The molecule has 0 N–H and O–H groups in total. The fourth-order valence-electron chi connectivity index (χ4n) is 4.21. The minimum absolute atomic E-state index is 1.02. The highest BCUT2D eigenvalue weighted by Crippen LogP contribution is 2.42. The lowest BCUT2D eigenvalue weighted by Gasteiger charge is -2.19. The summed E-state index contributed by atoms with van der Waals surface area (Å²) in [5.74, 6) is 0. The summed E-state index contributed by atoms with van der Waals surface area (Å²) in [6.45, 7) is 14.5. The Labute approximate surface area is 173 Å². The highest BCUT2D eigenvalue weighted by Gasteiger charge is 2.17. The van der Waals surface area contributed by atoms with Crippen LogP contribution in [0.3, 0.4) is 0 Å². The van der Waals surface area contributed by atoms with Crippen LogP contribution in [0.25, 0.3) is 38.2 Å². The minimum Gasteiger partial charge on any atom is -0.0984 e. The van der Waals surface area contributed by atoms with E-state index in [1.54, 1.807) is 0 Å². The van der Waals surface area contributed by atoms with E-state index in [1.165, 1.54) is 49.4 Å². The summed E-state index contributed by atoms with van der Waals surface area (Å²) in [4.78, 5) is 0. The van der Waals surface area contributed by atoms with Gasteiger partial charge in [-0.3, -0.25) is 0 Å². The first-order valence-electron chi connectivity index (χ1n) is 10.0. The molecular formula is C29H26. The van der Waals surface area contributed by atoms with E-state index < -0.39 is 0 Å². The normalized spacial score (nSPS) is 11.8. The zero-order valence-corrected chi connectivity index (χ0v) is 17.4. The van der Waals surface area contributed by atoms with Crippen molar-refractivity contribution < 1.29 is 0 Å². The fourth-order valence-corrected chi connectivity index (χ4v) is 4.21. The minimum atomic E-state index is 1.02. The van der Waals surface area contributed by atoms with Gasteiger partial charge in [-0.25, -0.2) is 0 Å². The Morgan fingerprint density at radius 1 is 0.759 bits per heavy atom. The number of aryl methyl sites for hydroxylation is 2. The number of hydrogen-bond donors (Lipinski definition) is 0. The van der Waals surface area contributed by atoms with Crippen LogP contribution in [-0.2, 0) is 0 Å². The fraction of sp³-hybridized carbons (Fsp3) is 0.103. The number of fused-ring (bicyclic) bond motifs is 2. The first-order chi connectivity index (χ1) is 14.0. The van der Waals surface area contributed by atoms with E-state index in [-0.39, 0.29) is 0 Å². The largest absolute Gasteiger partial charge is 0.0984 e. The van der Waals surface area contributed by atoms with Crippen LogP contribution in [0.5, 0.6) is 0 Å². The van der Waals surface area contributed by atoms with Crippen LogP contribution in [0.2, 0.25) is 0 Å². The molecule has 0 bridgehead atoms. The van der Waals surface area contributed by atoms with E-state index in [4.69, 9.17) is 0 Å². The molecule has 0 heterocycles. The van der Waals surface area contributed by atoms with Crippen LogP contribution in [0, 0.1) is 13.8 Å². The van der Waals surface area contributed by atoms with E-state index in [2.05, 4.69) is 99.8 Å². The van der Waals surface area contributed by atoms with Crippen molar-refractivity contribution >= 4 is 27.1 Å². The molecule has 29 heavy (non-hydrogen) atoms. The molecule has 0 aliphatic carbocycles. The maximum Gasteiger partial charge on any atom is -0.00263 e. The molecule has 0 radical (unpaired) electrons. The molecule has 4 aromatic carbocycles. The summed E-state index contributed by atoms with van der Waals surface area (Å²) in [5, 5.41) is 5.03. The van der Waals surface area contributed by atoms with Gasteiger partial charge in [0.15, 0.2) is 0 Å². The summed E-state index contributed by atoms with van der Waals surface area (Å²) in [6, 6.07) is 24.3. The molecule has 0 saturated carbocycles. The first-order valence-corrected chi connectivity index (χ1v) is 10.0. The van der Waals surface area contributed by atoms with Gasteiger partial charge in [0.05, 0.1) is 0 Å². The molecule has 0 aliphatic heterocycles. The van der Waals surface area contributed by atoms with Gasteiger partial charge in [-0.15, -0.1) is 0 Å². The summed E-state index contributed by atoms with van der Waals surface area (Å²) in [7, 11) is 0. The van der Waals surface area contributed by atoms with Crippen LogP contribution in [0.15, 0.2) is 97.6 Å². The predicted octanol–water partition coefficient (Wildman–Crippen LogP) is 8.42. The Bertz CT molecular complexity index is 1300. The molecular weight excluding hydrogens is 348 g/mol. The third-order valence-corrected chi connectivity index (χ3v) is 5.40. The second-order valence-electron chi connectivity index (χ2n) is 7.86. The SMILES string of the molecule is C=C/C(=C\C(=C)C)c1c2ccccc2c(-c2cccc(C)c2)c2ccc(C)cc12. The zero-order chi connectivity index (χ0) is 20.5. The molecule has 4 aromatic rings. The van der Waals surface area contributed by atoms with Crippen molar-refractivity contribution in [1.82, 2.24) is 0 Å². The highest BCUT2D eigenvalue weighted by molar-refractivity contribution is 6.19. The van der Waals surface area contributed by atoms with E-state index in [0.717, 1.165) is 11.1 Å². The second kappa shape index (κ2) is 7.56. The van der Waals surface area contributed by atoms with Crippen LogP contribution in [-0.4, -0.2) is 0 Å². The first kappa shape index (κ1) is 19.0. The molecule has 0 heteroatoms. The van der Waals surface area contributed by atoms with Gasteiger partial charge in [-0.1, -0.05) is 109 Å². The van der Waals surface area contributed by atoms with Gasteiger partial charge < -0.3 is 0 Å². The third kappa shape index (κ3) is 3.43. The van der Waals surface area contributed by atoms with Crippen LogP contribution < -0.4 is 0 Å². The Morgan fingerprint density at radius 2 is 1.45 bits per heavy atom. The van der Waals surface area contributed by atoms with Crippen molar-refractivity contribution in [3.05, 3.63) is 114 Å². The van der Waals surface area contributed by atoms with Crippen LogP contribution in [0.1, 0.15) is 23.6 Å². The molecule has 0 unspecified atom stereocenters. The van der Waals surface area contributed by atoms with Crippen LogP contribution >= 0.6 is 0 Å². The van der Waals surface area contributed by atoms with E-state index in [0.29, 0.717) is 0 Å². The van der Waals surface area contributed by atoms with E-state index in [1.807, 2.05) is 13.0 Å². The molecule has 0 atom stereocenters. The maximum absolute atomic E-state index is 4.11. The van der Waals surface area contributed by atoms with Gasteiger partial charge in [-0.2, -0.15) is 0 Å². The summed E-state index contributed by atoms with van der Waals surface area (Å²) < 4.78 is 0. The van der Waals surface area contributed by atoms with Gasteiger partial charge in [0.1, 0.15) is 0 Å². The third-order valence-electron chi connectivity index (χ3n) is 5.40. The Kier molecular flexibility index (Phi) is 4.94. The van der Waals surface area contributed by atoms with Gasteiger partial charge in [0, 0.05) is 0 Å². The van der Waals surface area contributed by atoms with Gasteiger partial charge in [0.2, 0.25) is 0 Å². The molecule has 4 rings (SSSR count). The lowest BCUT2D eigenvalue weighted by Crippen LogP contribution is -1.94. The zero-order valence-electron chi connectivity index (χ0n) is 17.4. The van der Waals surface area contributed by atoms with Crippen LogP contribution in [0.4, 0.5) is 0 Å². The van der Waals surface area contributed by atoms with Gasteiger partial charge in [0.25, 0.3) is 0 Å². The Morgan fingerprint density at radius 3 is 2.14 bits per heavy atom. The number of rotatable bonds is 4. The molecule has 0 fully saturated rings. The Balaban J connectivity index is 2.26. The number of benzene rings is 4. The highest BCUT2D eigenvalue weighted by atomic mass is 14.2. The van der Waals surface area contributed by atoms with Crippen molar-refractivity contribution in [3.63, 3.8) is 0 Å². The van der Waals surface area contributed by atoms with E-state index in [9.17, 15) is 0 Å². The molecule has 0 aliphatic rings. The summed E-state index contributed by atoms with van der Waals surface area (Å²) in [5.41, 5.74) is 8.43. The predicted molar refractivity (Wildman–Crippen MR) is 129 cm³/mol. The van der Waals surface area contributed by atoms with E-state index >= 15 is 0 Å². The quantitative estimate of drug-likeness (QED) is 0.248. The average Bonchev–Trinajstić information content (AvgIpc) is 2.70. The lowest BCUT2D eigenvalue weighted by molar-refractivity contribution is 1.47. The molecule has 0 spiro atoms. The summed E-state index contributed by atoms with van der Waals surface area (Å²) in [6.07, 6.45) is 4.08.